The maximum absolute atomic E-state index is 6.17. The molecule has 1 fully saturated rings. The van der Waals surface area contributed by atoms with Crippen molar-refractivity contribution in [3.05, 3.63) is 29.3 Å². The van der Waals surface area contributed by atoms with E-state index in [1.54, 1.807) is 0 Å². The van der Waals surface area contributed by atoms with Gasteiger partial charge in [0.2, 0.25) is 0 Å². The van der Waals surface area contributed by atoms with E-state index in [1.807, 2.05) is 24.3 Å². The van der Waals surface area contributed by atoms with Gasteiger partial charge in [0, 0.05) is 17.9 Å². The van der Waals surface area contributed by atoms with Gasteiger partial charge < -0.3 is 10.1 Å². The van der Waals surface area contributed by atoms with Crippen LogP contribution in [-0.4, -0.2) is 18.7 Å². The van der Waals surface area contributed by atoms with Crippen LogP contribution in [0, 0.1) is 5.41 Å². The molecule has 1 aromatic rings. The SMILES string of the molecule is CCCNC1CC(Oc2ccccc2Cl)C1(C)CC. The Morgan fingerprint density at radius 1 is 1.37 bits per heavy atom. The highest BCUT2D eigenvalue weighted by atomic mass is 35.5. The third-order valence-electron chi connectivity index (χ3n) is 4.49. The molecule has 0 spiro atoms. The topological polar surface area (TPSA) is 21.3 Å². The normalized spacial score (nSPS) is 29.9. The highest BCUT2D eigenvalue weighted by Crippen LogP contribution is 2.46. The van der Waals surface area contributed by atoms with Gasteiger partial charge in [-0.2, -0.15) is 0 Å². The van der Waals surface area contributed by atoms with Crippen LogP contribution in [0.4, 0.5) is 0 Å². The lowest BCUT2D eigenvalue weighted by atomic mass is 9.61. The Labute approximate surface area is 121 Å². The second-order valence-corrected chi connectivity index (χ2v) is 6.05. The first kappa shape index (κ1) is 14.7. The van der Waals surface area contributed by atoms with E-state index in [9.17, 15) is 0 Å². The van der Waals surface area contributed by atoms with E-state index < -0.39 is 0 Å². The van der Waals surface area contributed by atoms with Crippen molar-refractivity contribution in [2.75, 3.05) is 6.54 Å². The molecule has 19 heavy (non-hydrogen) atoms. The van der Waals surface area contributed by atoms with Gasteiger partial charge in [-0.25, -0.2) is 0 Å². The van der Waals surface area contributed by atoms with Crippen LogP contribution in [-0.2, 0) is 0 Å². The first-order chi connectivity index (χ1) is 9.11. The van der Waals surface area contributed by atoms with Gasteiger partial charge in [-0.1, -0.05) is 44.5 Å². The van der Waals surface area contributed by atoms with Crippen molar-refractivity contribution in [1.29, 1.82) is 0 Å². The van der Waals surface area contributed by atoms with Gasteiger partial charge in [-0.05, 0) is 31.5 Å². The smallest absolute Gasteiger partial charge is 0.138 e. The van der Waals surface area contributed by atoms with E-state index in [0.29, 0.717) is 11.1 Å². The molecule has 0 radical (unpaired) electrons. The molecule has 0 saturated heterocycles. The van der Waals surface area contributed by atoms with E-state index in [4.69, 9.17) is 16.3 Å². The van der Waals surface area contributed by atoms with Gasteiger partial charge in [0.25, 0.3) is 0 Å². The Hall–Kier alpha value is -0.730. The maximum atomic E-state index is 6.17. The minimum atomic E-state index is 0.203. The molecule has 0 amide bonds. The number of halogens is 1. The summed E-state index contributed by atoms with van der Waals surface area (Å²) in [6.45, 7) is 7.83. The number of hydrogen-bond donors (Lipinski definition) is 1. The second kappa shape index (κ2) is 6.15. The van der Waals surface area contributed by atoms with Gasteiger partial charge in [-0.15, -0.1) is 0 Å². The van der Waals surface area contributed by atoms with Crippen molar-refractivity contribution < 1.29 is 4.74 Å². The van der Waals surface area contributed by atoms with Crippen molar-refractivity contribution in [2.45, 2.75) is 52.2 Å². The first-order valence-corrected chi connectivity index (χ1v) is 7.64. The largest absolute Gasteiger partial charge is 0.488 e. The first-order valence-electron chi connectivity index (χ1n) is 7.26. The van der Waals surface area contributed by atoms with Crippen LogP contribution < -0.4 is 10.1 Å². The molecule has 1 aromatic carbocycles. The minimum Gasteiger partial charge on any atom is -0.488 e. The van der Waals surface area contributed by atoms with Crippen LogP contribution in [0.15, 0.2) is 24.3 Å². The molecular weight excluding hydrogens is 258 g/mol. The lowest BCUT2D eigenvalue weighted by Gasteiger charge is -2.53. The highest BCUT2D eigenvalue weighted by molar-refractivity contribution is 6.32. The molecule has 0 aromatic heterocycles. The van der Waals surface area contributed by atoms with E-state index in [1.165, 1.54) is 6.42 Å². The van der Waals surface area contributed by atoms with Crippen LogP contribution in [0.2, 0.25) is 5.02 Å². The molecule has 3 atom stereocenters. The summed E-state index contributed by atoms with van der Waals surface area (Å²) in [5, 5.41) is 4.33. The average Bonchev–Trinajstić information content (AvgIpc) is 2.42. The summed E-state index contributed by atoms with van der Waals surface area (Å²) in [6.07, 6.45) is 3.61. The molecule has 2 nitrogen and oxygen atoms in total. The quantitative estimate of drug-likeness (QED) is 0.840. The van der Waals surface area contributed by atoms with E-state index >= 15 is 0 Å². The summed E-state index contributed by atoms with van der Waals surface area (Å²) in [5.74, 6) is 0.808. The molecule has 2 rings (SSSR count). The number of nitrogens with one attached hydrogen (secondary N) is 1. The molecule has 1 aliphatic rings. The molecule has 1 aliphatic carbocycles. The Balaban J connectivity index is 2.01. The highest BCUT2D eigenvalue weighted by Gasteiger charge is 2.51. The zero-order valence-electron chi connectivity index (χ0n) is 12.1. The standard InChI is InChI=1S/C16H24ClNO/c1-4-10-18-14-11-15(16(14,3)5-2)19-13-9-7-6-8-12(13)17/h6-9,14-15,18H,4-5,10-11H2,1-3H3. The van der Waals surface area contributed by atoms with Gasteiger partial charge in [-0.3, -0.25) is 0 Å². The van der Waals surface area contributed by atoms with Crippen LogP contribution in [0.25, 0.3) is 0 Å². The zero-order valence-corrected chi connectivity index (χ0v) is 12.8. The average molecular weight is 282 g/mol. The van der Waals surface area contributed by atoms with Crippen molar-refractivity contribution in [1.82, 2.24) is 5.32 Å². The Morgan fingerprint density at radius 2 is 2.11 bits per heavy atom. The summed E-state index contributed by atoms with van der Waals surface area (Å²) < 4.78 is 6.13. The zero-order chi connectivity index (χ0) is 13.9. The second-order valence-electron chi connectivity index (χ2n) is 5.64. The van der Waals surface area contributed by atoms with Crippen LogP contribution >= 0.6 is 11.6 Å². The molecule has 3 heteroatoms. The van der Waals surface area contributed by atoms with Crippen molar-refractivity contribution in [2.24, 2.45) is 5.41 Å². The van der Waals surface area contributed by atoms with Gasteiger partial charge >= 0.3 is 0 Å². The summed E-state index contributed by atoms with van der Waals surface area (Å²) in [7, 11) is 0. The fourth-order valence-electron chi connectivity index (χ4n) is 2.80. The predicted molar refractivity (Wildman–Crippen MR) is 81.0 cm³/mol. The third kappa shape index (κ3) is 2.90. The number of hydrogen-bond acceptors (Lipinski definition) is 2. The molecule has 1 N–H and O–H groups in total. The molecule has 0 heterocycles. The Bertz CT molecular complexity index is 423. The van der Waals surface area contributed by atoms with Crippen molar-refractivity contribution >= 4 is 11.6 Å². The fourth-order valence-corrected chi connectivity index (χ4v) is 2.98. The molecular formula is C16H24ClNO. The number of para-hydroxylation sites is 1. The fraction of sp³-hybridized carbons (Fsp3) is 0.625. The summed E-state index contributed by atoms with van der Waals surface area (Å²) in [4.78, 5) is 0. The Morgan fingerprint density at radius 3 is 2.74 bits per heavy atom. The van der Waals surface area contributed by atoms with E-state index in [-0.39, 0.29) is 11.5 Å². The molecule has 3 unspecified atom stereocenters. The summed E-state index contributed by atoms with van der Waals surface area (Å²) in [5.41, 5.74) is 0.203. The predicted octanol–water partition coefficient (Wildman–Crippen LogP) is 4.28. The summed E-state index contributed by atoms with van der Waals surface area (Å²) >= 11 is 6.17. The minimum absolute atomic E-state index is 0.203. The number of ether oxygens (including phenoxy) is 1. The maximum Gasteiger partial charge on any atom is 0.138 e. The number of benzene rings is 1. The van der Waals surface area contributed by atoms with Crippen molar-refractivity contribution in [3.8, 4) is 5.75 Å². The van der Waals surface area contributed by atoms with Gasteiger partial charge in [0.1, 0.15) is 11.9 Å². The van der Waals surface area contributed by atoms with Gasteiger partial charge in [0.15, 0.2) is 0 Å². The monoisotopic (exact) mass is 281 g/mol. The third-order valence-corrected chi connectivity index (χ3v) is 4.80. The lowest BCUT2D eigenvalue weighted by Crippen LogP contribution is -2.63. The molecule has 106 valence electrons. The number of rotatable bonds is 6. The van der Waals surface area contributed by atoms with Crippen LogP contribution in [0.1, 0.15) is 40.0 Å². The Kier molecular flexibility index (Phi) is 4.75. The van der Waals surface area contributed by atoms with E-state index in [0.717, 1.165) is 25.1 Å². The lowest BCUT2D eigenvalue weighted by molar-refractivity contribution is -0.0700. The molecule has 0 bridgehead atoms. The van der Waals surface area contributed by atoms with Crippen LogP contribution in [0.3, 0.4) is 0 Å². The van der Waals surface area contributed by atoms with E-state index in [2.05, 4.69) is 26.1 Å². The molecule has 0 aliphatic heterocycles. The van der Waals surface area contributed by atoms with Crippen LogP contribution in [0.5, 0.6) is 5.75 Å². The van der Waals surface area contributed by atoms with Gasteiger partial charge in [0.05, 0.1) is 5.02 Å². The van der Waals surface area contributed by atoms with Crippen molar-refractivity contribution in [3.63, 3.8) is 0 Å². The molecule has 1 saturated carbocycles. The summed E-state index contributed by atoms with van der Waals surface area (Å²) in [6, 6.07) is 8.29.